The van der Waals surface area contributed by atoms with Crippen molar-refractivity contribution in [2.45, 2.75) is 6.54 Å². The summed E-state index contributed by atoms with van der Waals surface area (Å²) >= 11 is 0. The lowest BCUT2D eigenvalue weighted by molar-refractivity contribution is 0.683. The van der Waals surface area contributed by atoms with Crippen LogP contribution < -0.4 is 0 Å². The third kappa shape index (κ3) is 1.62. The SMILES string of the molecule is N#Cc1ncccc1Cn1cccn1. The van der Waals surface area contributed by atoms with Crippen molar-refractivity contribution >= 4 is 0 Å². The lowest BCUT2D eigenvalue weighted by Gasteiger charge is -2.02. The van der Waals surface area contributed by atoms with Gasteiger partial charge in [0.05, 0.1) is 6.54 Å². The smallest absolute Gasteiger partial charge is 0.145 e. The van der Waals surface area contributed by atoms with Crippen LogP contribution in [0.2, 0.25) is 0 Å². The van der Waals surface area contributed by atoms with E-state index in [1.807, 2.05) is 24.4 Å². The van der Waals surface area contributed by atoms with Gasteiger partial charge in [-0.25, -0.2) is 4.98 Å². The molecule has 2 rings (SSSR count). The zero-order chi connectivity index (χ0) is 9.80. The first-order valence-electron chi connectivity index (χ1n) is 4.21. The Bertz CT molecular complexity index is 453. The summed E-state index contributed by atoms with van der Waals surface area (Å²) in [6, 6.07) is 7.61. The van der Waals surface area contributed by atoms with Crippen LogP contribution in [0.15, 0.2) is 36.8 Å². The second kappa shape index (κ2) is 3.71. The van der Waals surface area contributed by atoms with E-state index in [1.54, 1.807) is 17.1 Å². The van der Waals surface area contributed by atoms with Crippen LogP contribution in [-0.2, 0) is 6.54 Å². The topological polar surface area (TPSA) is 54.5 Å². The summed E-state index contributed by atoms with van der Waals surface area (Å²) in [6.45, 7) is 0.587. The number of aromatic nitrogens is 3. The largest absolute Gasteiger partial charge is 0.268 e. The van der Waals surface area contributed by atoms with Gasteiger partial charge >= 0.3 is 0 Å². The average Bonchev–Trinajstić information content (AvgIpc) is 2.71. The summed E-state index contributed by atoms with van der Waals surface area (Å²) in [7, 11) is 0. The number of hydrogen-bond donors (Lipinski definition) is 0. The summed E-state index contributed by atoms with van der Waals surface area (Å²) in [5.74, 6) is 0. The molecule has 68 valence electrons. The highest BCUT2D eigenvalue weighted by atomic mass is 15.3. The summed E-state index contributed by atoms with van der Waals surface area (Å²) < 4.78 is 1.76. The van der Waals surface area contributed by atoms with Crippen molar-refractivity contribution < 1.29 is 0 Å². The van der Waals surface area contributed by atoms with Crippen molar-refractivity contribution in [1.29, 1.82) is 5.26 Å². The fraction of sp³-hybridized carbons (Fsp3) is 0.100. The van der Waals surface area contributed by atoms with E-state index in [1.165, 1.54) is 0 Å². The molecule has 0 aliphatic heterocycles. The average molecular weight is 184 g/mol. The minimum Gasteiger partial charge on any atom is -0.268 e. The molecule has 2 aromatic heterocycles. The molecule has 14 heavy (non-hydrogen) atoms. The summed E-state index contributed by atoms with van der Waals surface area (Å²) in [6.07, 6.45) is 5.18. The van der Waals surface area contributed by atoms with E-state index in [0.29, 0.717) is 12.2 Å². The van der Waals surface area contributed by atoms with Gasteiger partial charge < -0.3 is 0 Å². The lowest BCUT2D eigenvalue weighted by Crippen LogP contribution is -2.02. The first-order valence-corrected chi connectivity index (χ1v) is 4.21. The quantitative estimate of drug-likeness (QED) is 0.704. The molecule has 0 radical (unpaired) electrons. The van der Waals surface area contributed by atoms with Crippen LogP contribution in [0, 0.1) is 11.3 Å². The van der Waals surface area contributed by atoms with Gasteiger partial charge in [0, 0.05) is 24.2 Å². The van der Waals surface area contributed by atoms with Crippen LogP contribution >= 0.6 is 0 Å². The van der Waals surface area contributed by atoms with E-state index in [9.17, 15) is 0 Å². The highest BCUT2D eigenvalue weighted by molar-refractivity contribution is 5.30. The molecule has 0 N–H and O–H groups in total. The van der Waals surface area contributed by atoms with Crippen LogP contribution in [-0.4, -0.2) is 14.8 Å². The Morgan fingerprint density at radius 3 is 3.00 bits per heavy atom. The fourth-order valence-corrected chi connectivity index (χ4v) is 1.24. The summed E-state index contributed by atoms with van der Waals surface area (Å²) in [5.41, 5.74) is 1.35. The van der Waals surface area contributed by atoms with E-state index < -0.39 is 0 Å². The first-order chi connectivity index (χ1) is 6.90. The second-order valence-corrected chi connectivity index (χ2v) is 2.83. The van der Waals surface area contributed by atoms with Crippen LogP contribution in [0.5, 0.6) is 0 Å². The molecule has 0 saturated carbocycles. The van der Waals surface area contributed by atoms with Crippen molar-refractivity contribution in [2.75, 3.05) is 0 Å². The van der Waals surface area contributed by atoms with Crippen LogP contribution in [0.4, 0.5) is 0 Å². The fourth-order valence-electron chi connectivity index (χ4n) is 1.24. The van der Waals surface area contributed by atoms with Gasteiger partial charge in [0.15, 0.2) is 0 Å². The highest BCUT2D eigenvalue weighted by Crippen LogP contribution is 2.05. The van der Waals surface area contributed by atoms with Crippen LogP contribution in [0.25, 0.3) is 0 Å². The van der Waals surface area contributed by atoms with Gasteiger partial charge in [0.25, 0.3) is 0 Å². The number of hydrogen-bond acceptors (Lipinski definition) is 3. The molecule has 0 aliphatic rings. The maximum atomic E-state index is 8.80. The van der Waals surface area contributed by atoms with Crippen molar-refractivity contribution in [3.05, 3.63) is 48.0 Å². The molecular formula is C10H8N4. The molecule has 4 heteroatoms. The Morgan fingerprint density at radius 1 is 1.36 bits per heavy atom. The van der Waals surface area contributed by atoms with Gasteiger partial charge in [-0.3, -0.25) is 4.68 Å². The Hall–Kier alpha value is -2.15. The highest BCUT2D eigenvalue weighted by Gasteiger charge is 2.02. The standard InChI is InChI=1S/C10H8N4/c11-7-10-9(3-1-4-12-10)8-14-6-2-5-13-14/h1-6H,8H2. The molecule has 0 bridgehead atoms. The monoisotopic (exact) mass is 184 g/mol. The maximum absolute atomic E-state index is 8.80. The van der Waals surface area contributed by atoms with Gasteiger partial charge in [0.1, 0.15) is 11.8 Å². The molecule has 0 fully saturated rings. The lowest BCUT2D eigenvalue weighted by atomic mass is 10.2. The number of nitrogens with zero attached hydrogens (tertiary/aromatic N) is 4. The normalized spacial score (nSPS) is 9.64. The van der Waals surface area contributed by atoms with E-state index >= 15 is 0 Å². The Morgan fingerprint density at radius 2 is 2.29 bits per heavy atom. The van der Waals surface area contributed by atoms with Gasteiger partial charge in [-0.15, -0.1) is 0 Å². The number of rotatable bonds is 2. The molecular weight excluding hydrogens is 176 g/mol. The number of nitriles is 1. The molecule has 0 saturated heterocycles. The minimum absolute atomic E-state index is 0.461. The van der Waals surface area contributed by atoms with Gasteiger partial charge in [-0.1, -0.05) is 6.07 Å². The molecule has 2 aromatic rings. The van der Waals surface area contributed by atoms with Gasteiger partial charge in [-0.05, 0) is 12.1 Å². The van der Waals surface area contributed by atoms with Crippen molar-refractivity contribution in [1.82, 2.24) is 14.8 Å². The molecule has 2 heterocycles. The van der Waals surface area contributed by atoms with Gasteiger partial charge in [-0.2, -0.15) is 10.4 Å². The number of pyridine rings is 1. The Balaban J connectivity index is 2.30. The Labute approximate surface area is 81.4 Å². The maximum Gasteiger partial charge on any atom is 0.145 e. The van der Waals surface area contributed by atoms with E-state index in [-0.39, 0.29) is 0 Å². The molecule has 0 unspecified atom stereocenters. The van der Waals surface area contributed by atoms with Crippen LogP contribution in [0.1, 0.15) is 11.3 Å². The first kappa shape index (κ1) is 8.45. The molecule has 0 spiro atoms. The molecule has 0 amide bonds. The Kier molecular flexibility index (Phi) is 2.24. The van der Waals surface area contributed by atoms with E-state index in [4.69, 9.17) is 5.26 Å². The minimum atomic E-state index is 0.461. The van der Waals surface area contributed by atoms with Crippen LogP contribution in [0.3, 0.4) is 0 Å². The van der Waals surface area contributed by atoms with E-state index in [0.717, 1.165) is 5.56 Å². The summed E-state index contributed by atoms with van der Waals surface area (Å²) in [4.78, 5) is 3.98. The summed E-state index contributed by atoms with van der Waals surface area (Å²) in [5, 5.41) is 12.9. The van der Waals surface area contributed by atoms with E-state index in [2.05, 4.69) is 16.2 Å². The third-order valence-electron chi connectivity index (χ3n) is 1.89. The van der Waals surface area contributed by atoms with Crippen molar-refractivity contribution in [2.24, 2.45) is 0 Å². The molecule has 0 atom stereocenters. The van der Waals surface area contributed by atoms with Gasteiger partial charge in [0.2, 0.25) is 0 Å². The predicted molar refractivity (Wildman–Crippen MR) is 50.3 cm³/mol. The van der Waals surface area contributed by atoms with Crippen molar-refractivity contribution in [3.8, 4) is 6.07 Å². The molecule has 4 nitrogen and oxygen atoms in total. The molecule has 0 aliphatic carbocycles. The zero-order valence-corrected chi connectivity index (χ0v) is 7.46. The van der Waals surface area contributed by atoms with Crippen molar-refractivity contribution in [3.63, 3.8) is 0 Å². The third-order valence-corrected chi connectivity index (χ3v) is 1.89. The predicted octanol–water partition coefficient (Wildman–Crippen LogP) is 1.20. The second-order valence-electron chi connectivity index (χ2n) is 2.83. The zero-order valence-electron chi connectivity index (χ0n) is 7.46. The molecule has 0 aromatic carbocycles.